The van der Waals surface area contributed by atoms with Crippen LogP contribution in [0.2, 0.25) is 0 Å². The molecule has 0 spiro atoms. The average Bonchev–Trinajstić information content (AvgIpc) is 3.07. The fraction of sp³-hybridized carbons (Fsp3) is 0.895. The topological polar surface area (TPSA) is 61.8 Å². The first kappa shape index (κ1) is 20.9. The molecule has 1 rings (SSSR count). The van der Waals surface area contributed by atoms with E-state index in [2.05, 4.69) is 0 Å². The fourth-order valence-corrected chi connectivity index (χ4v) is 2.61. The Morgan fingerprint density at radius 2 is 1.54 bits per heavy atom. The van der Waals surface area contributed by atoms with E-state index in [9.17, 15) is 9.59 Å². The highest BCUT2D eigenvalue weighted by Crippen LogP contribution is 2.13. The summed E-state index contributed by atoms with van der Waals surface area (Å²) in [4.78, 5) is 23.0. The summed E-state index contributed by atoms with van der Waals surface area (Å²) in [5.41, 5.74) is 0. The van der Waals surface area contributed by atoms with Crippen LogP contribution in [0.5, 0.6) is 0 Å². The highest BCUT2D eigenvalue weighted by molar-refractivity contribution is 5.69. The van der Waals surface area contributed by atoms with Crippen LogP contribution in [0.4, 0.5) is 0 Å². The van der Waals surface area contributed by atoms with Crippen molar-refractivity contribution in [1.29, 1.82) is 0 Å². The summed E-state index contributed by atoms with van der Waals surface area (Å²) in [6.07, 6.45) is 9.23. The Morgan fingerprint density at radius 1 is 0.958 bits per heavy atom. The van der Waals surface area contributed by atoms with Crippen molar-refractivity contribution in [2.75, 3.05) is 19.8 Å². The maximum absolute atomic E-state index is 11.6. The minimum absolute atomic E-state index is 0.0855. The summed E-state index contributed by atoms with van der Waals surface area (Å²) in [6.45, 7) is 5.78. The maximum Gasteiger partial charge on any atom is 0.305 e. The van der Waals surface area contributed by atoms with E-state index in [1.807, 2.05) is 13.8 Å². The summed E-state index contributed by atoms with van der Waals surface area (Å²) in [6, 6.07) is 0. The number of unbranched alkanes of at least 4 members (excludes halogenated alkanes) is 5. The lowest BCUT2D eigenvalue weighted by molar-refractivity contribution is -0.147. The van der Waals surface area contributed by atoms with E-state index in [0.29, 0.717) is 32.0 Å². The number of esters is 2. The molecule has 0 aliphatic carbocycles. The van der Waals surface area contributed by atoms with Gasteiger partial charge in [-0.25, -0.2) is 0 Å². The molecule has 1 fully saturated rings. The quantitative estimate of drug-likeness (QED) is 0.373. The number of hydrogen-bond acceptors (Lipinski definition) is 5. The summed E-state index contributed by atoms with van der Waals surface area (Å²) >= 11 is 0. The molecule has 1 heterocycles. The molecule has 1 aliphatic rings. The lowest BCUT2D eigenvalue weighted by atomic mass is 10.1. The number of hydrogen-bond donors (Lipinski definition) is 0. The monoisotopic (exact) mass is 342 g/mol. The molecule has 5 nitrogen and oxygen atoms in total. The van der Waals surface area contributed by atoms with Crippen LogP contribution in [-0.2, 0) is 23.8 Å². The first-order valence-corrected chi connectivity index (χ1v) is 9.50. The predicted molar refractivity (Wildman–Crippen MR) is 92.7 cm³/mol. The molecule has 0 radical (unpaired) electrons. The number of rotatable bonds is 13. The fourth-order valence-electron chi connectivity index (χ4n) is 2.61. The van der Waals surface area contributed by atoms with E-state index >= 15 is 0 Å². The van der Waals surface area contributed by atoms with Crippen molar-refractivity contribution in [1.82, 2.24) is 0 Å². The van der Waals surface area contributed by atoms with Gasteiger partial charge in [0.2, 0.25) is 0 Å². The molecule has 1 saturated heterocycles. The molecular weight excluding hydrogens is 308 g/mol. The van der Waals surface area contributed by atoms with Gasteiger partial charge < -0.3 is 14.2 Å². The molecule has 0 aromatic heterocycles. The molecule has 0 saturated carbocycles. The Balaban J connectivity index is 1.82. The van der Waals surface area contributed by atoms with E-state index in [1.165, 1.54) is 0 Å². The van der Waals surface area contributed by atoms with Crippen molar-refractivity contribution in [2.45, 2.75) is 84.2 Å². The van der Waals surface area contributed by atoms with Crippen LogP contribution in [0.3, 0.4) is 0 Å². The van der Waals surface area contributed by atoms with Crippen LogP contribution in [0.25, 0.3) is 0 Å². The van der Waals surface area contributed by atoms with Gasteiger partial charge in [-0.3, -0.25) is 9.59 Å². The third-order valence-corrected chi connectivity index (χ3v) is 4.04. The van der Waals surface area contributed by atoms with E-state index in [-0.39, 0.29) is 18.0 Å². The molecular formula is C19H34O5. The Labute approximate surface area is 146 Å². The van der Waals surface area contributed by atoms with Gasteiger partial charge in [-0.15, -0.1) is 0 Å². The second-order valence-corrected chi connectivity index (χ2v) is 7.02. The summed E-state index contributed by atoms with van der Waals surface area (Å²) in [7, 11) is 0. The largest absolute Gasteiger partial charge is 0.465 e. The molecule has 140 valence electrons. The number of ether oxygens (including phenoxy) is 3. The number of carbonyl (C=O) groups is 2. The highest BCUT2D eigenvalue weighted by atomic mass is 16.6. The molecule has 5 heteroatoms. The molecule has 0 amide bonds. The second-order valence-electron chi connectivity index (χ2n) is 7.02. The van der Waals surface area contributed by atoms with Gasteiger partial charge in [0.1, 0.15) is 6.61 Å². The van der Waals surface area contributed by atoms with Gasteiger partial charge in [0, 0.05) is 19.4 Å². The lowest BCUT2D eigenvalue weighted by Gasteiger charge is -2.10. The predicted octanol–water partition coefficient (Wildman–Crippen LogP) is 4.03. The van der Waals surface area contributed by atoms with Gasteiger partial charge in [0.15, 0.2) is 0 Å². The molecule has 1 aliphatic heterocycles. The molecule has 24 heavy (non-hydrogen) atoms. The van der Waals surface area contributed by atoms with Gasteiger partial charge in [0.05, 0.1) is 12.7 Å². The SMILES string of the molecule is CC(C)COC(=O)CCCCCCCCC(=O)OCC1CCCO1. The summed E-state index contributed by atoms with van der Waals surface area (Å²) < 4.78 is 15.8. The van der Waals surface area contributed by atoms with Gasteiger partial charge in [-0.1, -0.05) is 39.5 Å². The Hall–Kier alpha value is -1.10. The van der Waals surface area contributed by atoms with Crippen LogP contribution in [0, 0.1) is 5.92 Å². The van der Waals surface area contributed by atoms with Crippen molar-refractivity contribution in [3.05, 3.63) is 0 Å². The van der Waals surface area contributed by atoms with Crippen molar-refractivity contribution in [3.63, 3.8) is 0 Å². The highest BCUT2D eigenvalue weighted by Gasteiger charge is 2.17. The van der Waals surface area contributed by atoms with Crippen LogP contribution < -0.4 is 0 Å². The van der Waals surface area contributed by atoms with Gasteiger partial charge in [-0.2, -0.15) is 0 Å². The van der Waals surface area contributed by atoms with E-state index in [1.54, 1.807) is 0 Å². The van der Waals surface area contributed by atoms with E-state index < -0.39 is 0 Å². The van der Waals surface area contributed by atoms with Crippen molar-refractivity contribution in [3.8, 4) is 0 Å². The van der Waals surface area contributed by atoms with Crippen LogP contribution in [0.1, 0.15) is 78.1 Å². The minimum atomic E-state index is -0.113. The zero-order valence-electron chi connectivity index (χ0n) is 15.4. The van der Waals surface area contributed by atoms with Crippen molar-refractivity contribution < 1.29 is 23.8 Å². The third kappa shape index (κ3) is 11.4. The lowest BCUT2D eigenvalue weighted by Crippen LogP contribution is -2.17. The maximum atomic E-state index is 11.6. The smallest absolute Gasteiger partial charge is 0.305 e. The van der Waals surface area contributed by atoms with E-state index in [0.717, 1.165) is 58.0 Å². The zero-order chi connectivity index (χ0) is 17.6. The normalized spacial score (nSPS) is 17.2. The molecule has 0 bridgehead atoms. The summed E-state index contributed by atoms with van der Waals surface area (Å²) in [5.74, 6) is 0.197. The first-order valence-electron chi connectivity index (χ1n) is 9.50. The minimum Gasteiger partial charge on any atom is -0.465 e. The zero-order valence-corrected chi connectivity index (χ0v) is 15.4. The molecule has 1 unspecified atom stereocenters. The Bertz CT molecular complexity index is 348. The summed E-state index contributed by atoms with van der Waals surface area (Å²) in [5, 5.41) is 0. The average molecular weight is 342 g/mol. The van der Waals surface area contributed by atoms with Crippen LogP contribution in [-0.4, -0.2) is 37.9 Å². The standard InChI is InChI=1S/C19H34O5/c1-16(2)14-23-18(20)11-7-5-3-4-6-8-12-19(21)24-15-17-10-9-13-22-17/h16-17H,3-15H2,1-2H3. The van der Waals surface area contributed by atoms with Crippen LogP contribution >= 0.6 is 0 Å². The van der Waals surface area contributed by atoms with E-state index in [4.69, 9.17) is 14.2 Å². The first-order chi connectivity index (χ1) is 11.6. The molecule has 1 atom stereocenters. The third-order valence-electron chi connectivity index (χ3n) is 4.04. The molecule has 0 aromatic rings. The molecule has 0 aromatic carbocycles. The molecule has 0 N–H and O–H groups in total. The Morgan fingerprint density at radius 3 is 2.08 bits per heavy atom. The van der Waals surface area contributed by atoms with Crippen LogP contribution in [0.15, 0.2) is 0 Å². The second kappa shape index (κ2) is 13.2. The van der Waals surface area contributed by atoms with Gasteiger partial charge in [0.25, 0.3) is 0 Å². The van der Waals surface area contributed by atoms with Crippen molar-refractivity contribution >= 4 is 11.9 Å². The van der Waals surface area contributed by atoms with Gasteiger partial charge >= 0.3 is 11.9 Å². The Kier molecular flexibility index (Phi) is 11.5. The number of carbonyl (C=O) groups excluding carboxylic acids is 2. The van der Waals surface area contributed by atoms with Gasteiger partial charge in [-0.05, 0) is 31.6 Å². The van der Waals surface area contributed by atoms with Crippen molar-refractivity contribution in [2.24, 2.45) is 5.92 Å².